The minimum absolute atomic E-state index is 0.199. The maximum absolute atomic E-state index is 10.9. The summed E-state index contributed by atoms with van der Waals surface area (Å²) in [6.45, 7) is 6.23. The number of rotatable bonds is 4. The van der Waals surface area contributed by atoms with Crippen molar-refractivity contribution in [3.8, 4) is 0 Å². The third kappa shape index (κ3) is 2.84. The number of hydrogen-bond acceptors (Lipinski definition) is 4. The van der Waals surface area contributed by atoms with E-state index in [0.717, 1.165) is 6.26 Å². The maximum Gasteiger partial charge on any atom is 0.354 e. The van der Waals surface area contributed by atoms with Gasteiger partial charge in [0.25, 0.3) is 6.47 Å². The summed E-state index contributed by atoms with van der Waals surface area (Å²) in [6, 6.07) is 0. The summed E-state index contributed by atoms with van der Waals surface area (Å²) in [7, 11) is 0. The smallest absolute Gasteiger partial charge is 0.354 e. The molecule has 0 spiro atoms. The van der Waals surface area contributed by atoms with Gasteiger partial charge in [0.15, 0.2) is 0 Å². The summed E-state index contributed by atoms with van der Waals surface area (Å²) >= 11 is 0. The van der Waals surface area contributed by atoms with Crippen LogP contribution in [-0.4, -0.2) is 18.0 Å². The lowest BCUT2D eigenvalue weighted by Gasteiger charge is -2.18. The van der Waals surface area contributed by atoms with Crippen LogP contribution in [0.2, 0.25) is 0 Å². The summed E-state index contributed by atoms with van der Waals surface area (Å²) in [5.41, 5.74) is -1.24. The minimum atomic E-state index is -1.24. The number of hydrogen-bond donors (Lipinski definition) is 0. The van der Waals surface area contributed by atoms with Crippen molar-refractivity contribution in [3.63, 3.8) is 0 Å². The lowest BCUT2D eigenvalue weighted by molar-refractivity contribution is -0.167. The van der Waals surface area contributed by atoms with Gasteiger partial charge in [-0.1, -0.05) is 6.58 Å². The van der Waals surface area contributed by atoms with E-state index in [1.807, 2.05) is 0 Å². The molecule has 0 aliphatic carbocycles. The predicted molar refractivity (Wildman–Crippen MR) is 37.5 cm³/mol. The minimum Gasteiger partial charge on any atom is -0.450 e. The van der Waals surface area contributed by atoms with E-state index in [1.165, 1.54) is 13.8 Å². The third-order valence-corrected chi connectivity index (χ3v) is 1.02. The molecule has 4 nitrogen and oxygen atoms in total. The van der Waals surface area contributed by atoms with Crippen LogP contribution >= 0.6 is 0 Å². The molecule has 0 heterocycles. The zero-order valence-electron chi connectivity index (χ0n) is 6.49. The van der Waals surface area contributed by atoms with Crippen LogP contribution in [0.15, 0.2) is 12.8 Å². The average molecular weight is 158 g/mol. The van der Waals surface area contributed by atoms with Crippen molar-refractivity contribution in [2.24, 2.45) is 0 Å². The quantitative estimate of drug-likeness (QED) is 0.342. The van der Waals surface area contributed by atoms with Gasteiger partial charge < -0.3 is 9.47 Å². The van der Waals surface area contributed by atoms with Crippen molar-refractivity contribution in [3.05, 3.63) is 12.8 Å². The first kappa shape index (κ1) is 9.68. The fourth-order valence-corrected chi connectivity index (χ4v) is 0.386. The van der Waals surface area contributed by atoms with Crippen LogP contribution in [0.1, 0.15) is 13.8 Å². The van der Waals surface area contributed by atoms with E-state index in [-0.39, 0.29) is 6.47 Å². The van der Waals surface area contributed by atoms with E-state index in [0.29, 0.717) is 0 Å². The monoisotopic (exact) mass is 158 g/mol. The first-order chi connectivity index (χ1) is 5.04. The van der Waals surface area contributed by atoms with Gasteiger partial charge >= 0.3 is 5.97 Å². The fraction of sp³-hybridized carbons (Fsp3) is 0.429. The Morgan fingerprint density at radius 1 is 1.55 bits per heavy atom. The van der Waals surface area contributed by atoms with Crippen LogP contribution in [0.3, 0.4) is 0 Å². The van der Waals surface area contributed by atoms with Crippen molar-refractivity contribution < 1.29 is 19.1 Å². The molecule has 0 aromatic heterocycles. The van der Waals surface area contributed by atoms with Gasteiger partial charge in [-0.2, -0.15) is 0 Å². The van der Waals surface area contributed by atoms with E-state index in [2.05, 4.69) is 16.1 Å². The number of esters is 1. The largest absolute Gasteiger partial charge is 0.450 e. The zero-order chi connectivity index (χ0) is 8.91. The average Bonchev–Trinajstić information content (AvgIpc) is 1.88. The van der Waals surface area contributed by atoms with Crippen LogP contribution in [-0.2, 0) is 19.1 Å². The first-order valence-electron chi connectivity index (χ1n) is 2.98. The normalized spacial score (nSPS) is 10.0. The second-order valence-corrected chi connectivity index (χ2v) is 2.30. The molecule has 0 aromatic carbocycles. The Morgan fingerprint density at radius 2 is 2.09 bits per heavy atom. The van der Waals surface area contributed by atoms with E-state index < -0.39 is 11.6 Å². The molecule has 0 saturated carbocycles. The Labute approximate surface area is 64.8 Å². The molecule has 0 amide bonds. The molecule has 4 heteroatoms. The van der Waals surface area contributed by atoms with Crippen LogP contribution < -0.4 is 0 Å². The highest BCUT2D eigenvalue weighted by Crippen LogP contribution is 2.09. The Hall–Kier alpha value is -1.32. The van der Waals surface area contributed by atoms with Gasteiger partial charge in [-0.3, -0.25) is 4.79 Å². The topological polar surface area (TPSA) is 52.6 Å². The lowest BCUT2D eigenvalue weighted by atomic mass is 10.1. The van der Waals surface area contributed by atoms with Gasteiger partial charge in [0.2, 0.25) is 5.60 Å². The summed E-state index contributed by atoms with van der Waals surface area (Å²) < 4.78 is 8.84. The molecule has 62 valence electrons. The van der Waals surface area contributed by atoms with Crippen LogP contribution in [0, 0.1) is 0 Å². The Balaban J connectivity index is 4.15. The van der Waals surface area contributed by atoms with Crippen LogP contribution in [0.4, 0.5) is 0 Å². The molecule has 0 unspecified atom stereocenters. The molecule has 0 aliphatic rings. The number of ether oxygens (including phenoxy) is 2. The van der Waals surface area contributed by atoms with E-state index in [1.54, 1.807) is 0 Å². The molecular weight excluding hydrogens is 148 g/mol. The maximum atomic E-state index is 10.9. The summed E-state index contributed by atoms with van der Waals surface area (Å²) in [5, 5.41) is 0. The van der Waals surface area contributed by atoms with E-state index >= 15 is 0 Å². The molecule has 0 N–H and O–H groups in total. The number of carbonyl (C=O) groups excluding carboxylic acids is 2. The van der Waals surface area contributed by atoms with Crippen molar-refractivity contribution in [2.75, 3.05) is 0 Å². The van der Waals surface area contributed by atoms with Gasteiger partial charge in [-0.15, -0.1) is 0 Å². The van der Waals surface area contributed by atoms with Crippen molar-refractivity contribution in [2.45, 2.75) is 19.4 Å². The highest BCUT2D eigenvalue weighted by Gasteiger charge is 2.30. The zero-order valence-corrected chi connectivity index (χ0v) is 6.49. The molecule has 0 fully saturated rings. The Bertz CT molecular complexity index is 171. The standard InChI is InChI=1S/C7H10O4/c1-4-10-6(9)7(2,3)11-5-8/h4-5H,1H2,2-3H3. The molecular formula is C7H10O4. The molecule has 11 heavy (non-hydrogen) atoms. The molecule has 0 radical (unpaired) electrons. The first-order valence-corrected chi connectivity index (χ1v) is 2.98. The molecule has 0 aliphatic heterocycles. The van der Waals surface area contributed by atoms with Gasteiger partial charge in [0.05, 0.1) is 6.26 Å². The second kappa shape index (κ2) is 3.75. The predicted octanol–water partition coefficient (Wildman–Crippen LogP) is 0.625. The van der Waals surface area contributed by atoms with Gasteiger partial charge in [-0.05, 0) is 13.8 Å². The van der Waals surface area contributed by atoms with Crippen LogP contribution in [0.5, 0.6) is 0 Å². The Morgan fingerprint density at radius 3 is 2.45 bits per heavy atom. The second-order valence-electron chi connectivity index (χ2n) is 2.30. The summed E-state index contributed by atoms with van der Waals surface area (Å²) in [5.74, 6) is -0.653. The molecule has 0 bridgehead atoms. The van der Waals surface area contributed by atoms with Gasteiger partial charge in [0.1, 0.15) is 0 Å². The molecule has 0 atom stereocenters. The van der Waals surface area contributed by atoms with Gasteiger partial charge in [0, 0.05) is 0 Å². The molecule has 0 saturated heterocycles. The lowest BCUT2D eigenvalue weighted by Crippen LogP contribution is -2.35. The van der Waals surface area contributed by atoms with Crippen molar-refractivity contribution in [1.29, 1.82) is 0 Å². The van der Waals surface area contributed by atoms with Gasteiger partial charge in [-0.25, -0.2) is 4.79 Å². The molecule has 0 aromatic rings. The van der Waals surface area contributed by atoms with Crippen LogP contribution in [0.25, 0.3) is 0 Å². The highest BCUT2D eigenvalue weighted by atomic mass is 16.6. The fourth-order valence-electron chi connectivity index (χ4n) is 0.386. The number of carbonyl (C=O) groups is 2. The van der Waals surface area contributed by atoms with Crippen molar-refractivity contribution in [1.82, 2.24) is 0 Å². The SMILES string of the molecule is C=COC(=O)C(C)(C)OC=O. The van der Waals surface area contributed by atoms with Crippen molar-refractivity contribution >= 4 is 12.4 Å². The van der Waals surface area contributed by atoms with E-state index in [9.17, 15) is 9.59 Å². The highest BCUT2D eigenvalue weighted by molar-refractivity contribution is 5.80. The Kier molecular flexibility index (Phi) is 3.30. The third-order valence-electron chi connectivity index (χ3n) is 1.02. The van der Waals surface area contributed by atoms with E-state index in [4.69, 9.17) is 0 Å². The summed E-state index contributed by atoms with van der Waals surface area (Å²) in [4.78, 5) is 20.8. The summed E-state index contributed by atoms with van der Waals surface area (Å²) in [6.07, 6.45) is 0.984. The molecule has 0 rings (SSSR count).